The van der Waals surface area contributed by atoms with Gasteiger partial charge in [-0.05, 0) is 38.2 Å². The number of amides is 1. The van der Waals surface area contributed by atoms with E-state index >= 15 is 0 Å². The molecular weight excluding hydrogens is 437 g/mol. The van der Waals surface area contributed by atoms with Crippen LogP contribution in [0.2, 0.25) is 0 Å². The number of nitrogens with one attached hydrogen (secondary N) is 3. The van der Waals surface area contributed by atoms with Gasteiger partial charge in [0, 0.05) is 19.3 Å². The summed E-state index contributed by atoms with van der Waals surface area (Å²) in [5.41, 5.74) is -1.34. The van der Waals surface area contributed by atoms with Crippen molar-refractivity contribution in [2.75, 3.05) is 17.3 Å². The molecule has 2 aromatic heterocycles. The molecule has 0 aliphatic heterocycles. The van der Waals surface area contributed by atoms with E-state index in [-0.39, 0.29) is 28.4 Å². The number of pyridine rings is 2. The molecule has 166 valence electrons. The van der Waals surface area contributed by atoms with E-state index in [0.29, 0.717) is 16.7 Å². The highest BCUT2D eigenvalue weighted by Gasteiger charge is 2.35. The van der Waals surface area contributed by atoms with Gasteiger partial charge >= 0.3 is 12.3 Å². The van der Waals surface area contributed by atoms with Gasteiger partial charge in [-0.25, -0.2) is 9.78 Å². The third kappa shape index (κ3) is 6.50. The van der Waals surface area contributed by atoms with Crippen LogP contribution in [0.1, 0.15) is 25.1 Å². The third-order valence-corrected chi connectivity index (χ3v) is 3.89. The first-order chi connectivity index (χ1) is 14.4. The Hall–Kier alpha value is -3.48. The SMILES string of the molecule is CC(C)Oc1ccnc(C(=N)NC(=S)Nc2ncc(N(C)C(=O)O)cc2C(F)(F)F)c1. The minimum atomic E-state index is -4.84. The number of carboxylic acid groups (broad SMARTS) is 1. The van der Waals surface area contributed by atoms with Gasteiger partial charge in [0.05, 0.1) is 18.0 Å². The number of hydrogen-bond acceptors (Lipinski definition) is 6. The lowest BCUT2D eigenvalue weighted by Crippen LogP contribution is -2.35. The summed E-state index contributed by atoms with van der Waals surface area (Å²) in [7, 11) is 1.09. The van der Waals surface area contributed by atoms with Gasteiger partial charge < -0.3 is 20.5 Å². The van der Waals surface area contributed by atoms with Gasteiger partial charge in [0.1, 0.15) is 22.8 Å². The Morgan fingerprint density at radius 2 is 2.00 bits per heavy atom. The number of rotatable bonds is 5. The van der Waals surface area contributed by atoms with E-state index in [4.69, 9.17) is 27.5 Å². The van der Waals surface area contributed by atoms with E-state index in [1.54, 1.807) is 6.07 Å². The van der Waals surface area contributed by atoms with E-state index in [0.717, 1.165) is 13.2 Å². The van der Waals surface area contributed by atoms with Crippen molar-refractivity contribution in [2.24, 2.45) is 0 Å². The number of nitrogens with zero attached hydrogens (tertiary/aromatic N) is 3. The summed E-state index contributed by atoms with van der Waals surface area (Å²) in [5.74, 6) is -0.461. The van der Waals surface area contributed by atoms with Crippen LogP contribution >= 0.6 is 12.2 Å². The van der Waals surface area contributed by atoms with Gasteiger partial charge in [0.2, 0.25) is 0 Å². The summed E-state index contributed by atoms with van der Waals surface area (Å²) < 4.78 is 45.8. The Kier molecular flexibility index (Phi) is 7.33. The molecule has 31 heavy (non-hydrogen) atoms. The van der Waals surface area contributed by atoms with Crippen LogP contribution in [0.15, 0.2) is 30.6 Å². The number of anilines is 2. The van der Waals surface area contributed by atoms with E-state index in [1.807, 2.05) is 13.8 Å². The van der Waals surface area contributed by atoms with Crippen LogP contribution in [0.5, 0.6) is 5.75 Å². The molecular formula is C18H19F3N6O3S. The van der Waals surface area contributed by atoms with Crippen LogP contribution in [0.25, 0.3) is 0 Å². The topological polar surface area (TPSA) is 123 Å². The first-order valence-electron chi connectivity index (χ1n) is 8.72. The Bertz CT molecular complexity index is 1000. The molecule has 1 amide bonds. The number of amidine groups is 1. The molecule has 9 nitrogen and oxygen atoms in total. The molecule has 0 aromatic carbocycles. The summed E-state index contributed by atoms with van der Waals surface area (Å²) >= 11 is 4.99. The number of halogens is 3. The molecule has 0 bridgehead atoms. The maximum atomic E-state index is 13.4. The Balaban J connectivity index is 2.19. The predicted octanol–water partition coefficient (Wildman–Crippen LogP) is 3.71. The van der Waals surface area contributed by atoms with Crippen molar-refractivity contribution in [1.29, 1.82) is 5.41 Å². The summed E-state index contributed by atoms with van der Waals surface area (Å²) in [6.07, 6.45) is -4.01. The van der Waals surface area contributed by atoms with Gasteiger partial charge in [0.15, 0.2) is 10.9 Å². The monoisotopic (exact) mass is 456 g/mol. The van der Waals surface area contributed by atoms with Crippen molar-refractivity contribution >= 4 is 40.8 Å². The Morgan fingerprint density at radius 1 is 1.32 bits per heavy atom. The molecule has 0 spiro atoms. The smallest absolute Gasteiger partial charge is 0.420 e. The van der Waals surface area contributed by atoms with Crippen molar-refractivity contribution in [3.8, 4) is 5.75 Å². The van der Waals surface area contributed by atoms with Crippen molar-refractivity contribution in [2.45, 2.75) is 26.1 Å². The first kappa shape index (κ1) is 23.8. The highest BCUT2D eigenvalue weighted by atomic mass is 32.1. The number of hydrogen-bond donors (Lipinski definition) is 4. The average Bonchev–Trinajstić information content (AvgIpc) is 2.66. The molecule has 0 fully saturated rings. The van der Waals surface area contributed by atoms with Gasteiger partial charge in [0.25, 0.3) is 0 Å². The summed E-state index contributed by atoms with van der Waals surface area (Å²) in [4.78, 5) is 19.2. The van der Waals surface area contributed by atoms with Crippen LogP contribution in [-0.2, 0) is 6.18 Å². The van der Waals surface area contributed by atoms with Crippen LogP contribution < -0.4 is 20.3 Å². The lowest BCUT2D eigenvalue weighted by atomic mass is 10.2. The lowest BCUT2D eigenvalue weighted by Gasteiger charge is -2.19. The van der Waals surface area contributed by atoms with Crippen LogP contribution in [0.4, 0.5) is 29.5 Å². The van der Waals surface area contributed by atoms with Crippen molar-refractivity contribution in [3.05, 3.63) is 41.9 Å². The van der Waals surface area contributed by atoms with Crippen molar-refractivity contribution < 1.29 is 27.8 Å². The fourth-order valence-electron chi connectivity index (χ4n) is 2.27. The standard InChI is InChI=1S/C18H19F3N6O3S/c1-9(2)30-11-4-5-23-13(7-11)14(22)25-16(31)26-15-12(18(19,20)21)6-10(8-24-15)27(3)17(28)29/h4-9H,1-3H3,(H,28,29)(H3,22,24,25,26,31). The fourth-order valence-corrected chi connectivity index (χ4v) is 2.47. The van der Waals surface area contributed by atoms with E-state index < -0.39 is 23.7 Å². The molecule has 2 rings (SSSR count). The van der Waals surface area contributed by atoms with Gasteiger partial charge in [-0.1, -0.05) is 0 Å². The third-order valence-electron chi connectivity index (χ3n) is 3.68. The number of alkyl halides is 3. The zero-order valence-electron chi connectivity index (χ0n) is 16.6. The maximum absolute atomic E-state index is 13.4. The van der Waals surface area contributed by atoms with Crippen molar-refractivity contribution in [3.63, 3.8) is 0 Å². The molecule has 0 radical (unpaired) electrons. The number of thiocarbonyl (C=S) groups is 1. The van der Waals surface area contributed by atoms with Crippen molar-refractivity contribution in [1.82, 2.24) is 15.3 Å². The first-order valence-corrected chi connectivity index (χ1v) is 9.12. The molecule has 2 aromatic rings. The second-order valence-corrected chi connectivity index (χ2v) is 6.83. The molecule has 4 N–H and O–H groups in total. The normalized spacial score (nSPS) is 11.1. The lowest BCUT2D eigenvalue weighted by molar-refractivity contribution is -0.137. The maximum Gasteiger partial charge on any atom is 0.420 e. The second-order valence-electron chi connectivity index (χ2n) is 6.43. The van der Waals surface area contributed by atoms with E-state index in [2.05, 4.69) is 20.6 Å². The minimum Gasteiger partial charge on any atom is -0.491 e. The highest BCUT2D eigenvalue weighted by Crippen LogP contribution is 2.35. The predicted molar refractivity (Wildman–Crippen MR) is 112 cm³/mol. The molecule has 2 heterocycles. The van der Waals surface area contributed by atoms with Gasteiger partial charge in [-0.3, -0.25) is 15.3 Å². The van der Waals surface area contributed by atoms with Crippen LogP contribution in [0, 0.1) is 5.41 Å². The largest absolute Gasteiger partial charge is 0.491 e. The Labute approximate surface area is 180 Å². The summed E-state index contributed by atoms with van der Waals surface area (Å²) in [5, 5.41) is 21.4. The van der Waals surface area contributed by atoms with Gasteiger partial charge in [-0.2, -0.15) is 13.2 Å². The number of ether oxygens (including phenoxy) is 1. The quantitative estimate of drug-likeness (QED) is 0.305. The molecule has 0 unspecified atom stereocenters. The summed E-state index contributed by atoms with van der Waals surface area (Å²) in [6, 6.07) is 3.71. The molecule has 0 aliphatic carbocycles. The molecule has 0 atom stereocenters. The summed E-state index contributed by atoms with van der Waals surface area (Å²) in [6.45, 7) is 3.65. The zero-order chi connectivity index (χ0) is 23.3. The number of aromatic nitrogens is 2. The second kappa shape index (κ2) is 9.55. The molecule has 0 saturated heterocycles. The van der Waals surface area contributed by atoms with Crippen LogP contribution in [-0.4, -0.2) is 45.3 Å². The Morgan fingerprint density at radius 3 is 2.58 bits per heavy atom. The average molecular weight is 456 g/mol. The highest BCUT2D eigenvalue weighted by molar-refractivity contribution is 7.80. The molecule has 13 heteroatoms. The van der Waals surface area contributed by atoms with E-state index in [1.165, 1.54) is 12.3 Å². The molecule has 0 aliphatic rings. The van der Waals surface area contributed by atoms with Crippen LogP contribution in [0.3, 0.4) is 0 Å². The number of carbonyl (C=O) groups is 1. The zero-order valence-corrected chi connectivity index (χ0v) is 17.4. The molecule has 0 saturated carbocycles. The fraction of sp³-hybridized carbons (Fsp3) is 0.278. The van der Waals surface area contributed by atoms with Gasteiger partial charge in [-0.15, -0.1) is 0 Å². The van der Waals surface area contributed by atoms with E-state index in [9.17, 15) is 18.0 Å². The minimum absolute atomic E-state index is 0.102.